The average Bonchev–Trinajstić information content (AvgIpc) is 2.96. The van der Waals surface area contributed by atoms with Gasteiger partial charge in [-0.25, -0.2) is 4.79 Å². The first-order valence-electron chi connectivity index (χ1n) is 7.49. The maximum Gasteiger partial charge on any atom is 0.328 e. The molecule has 5 heteroatoms. The van der Waals surface area contributed by atoms with Crippen LogP contribution < -0.4 is 0 Å². The number of methoxy groups -OCH3 is 1. The molecule has 0 aliphatic carbocycles. The topological polar surface area (TPSA) is 59.8 Å². The van der Waals surface area contributed by atoms with Crippen molar-refractivity contribution in [3.05, 3.63) is 35.6 Å². The lowest BCUT2D eigenvalue weighted by Crippen LogP contribution is -2.48. The second kappa shape index (κ2) is 5.83. The fourth-order valence-corrected chi connectivity index (χ4v) is 2.94. The Hall–Kier alpha value is -2.30. The van der Waals surface area contributed by atoms with Crippen LogP contribution >= 0.6 is 0 Å². The summed E-state index contributed by atoms with van der Waals surface area (Å²) in [6, 6.07) is 7.03. The van der Waals surface area contributed by atoms with E-state index in [1.165, 1.54) is 7.11 Å². The van der Waals surface area contributed by atoms with Crippen LogP contribution in [0, 0.1) is 6.92 Å². The second-order valence-corrected chi connectivity index (χ2v) is 5.69. The van der Waals surface area contributed by atoms with Crippen molar-refractivity contribution in [2.24, 2.45) is 0 Å². The summed E-state index contributed by atoms with van der Waals surface area (Å²) < 4.78 is 10.5. The number of esters is 1. The molecule has 0 saturated carbocycles. The number of carbonyl (C=O) groups is 2. The Morgan fingerprint density at radius 2 is 2.09 bits per heavy atom. The van der Waals surface area contributed by atoms with Crippen molar-refractivity contribution in [2.45, 2.75) is 32.2 Å². The third-order valence-electron chi connectivity index (χ3n) is 4.12. The summed E-state index contributed by atoms with van der Waals surface area (Å²) >= 11 is 0. The summed E-state index contributed by atoms with van der Waals surface area (Å²) in [7, 11) is 1.35. The first-order valence-corrected chi connectivity index (χ1v) is 7.49. The fourth-order valence-electron chi connectivity index (χ4n) is 2.94. The summed E-state index contributed by atoms with van der Waals surface area (Å²) in [4.78, 5) is 26.2. The summed E-state index contributed by atoms with van der Waals surface area (Å²) in [5, 5.41) is 0.889. The Bertz CT molecular complexity index is 719. The van der Waals surface area contributed by atoms with E-state index in [4.69, 9.17) is 9.15 Å². The van der Waals surface area contributed by atoms with Gasteiger partial charge in [0.1, 0.15) is 11.6 Å². The molecule has 1 saturated heterocycles. The molecule has 2 aromatic rings. The molecule has 1 aliphatic heterocycles. The van der Waals surface area contributed by atoms with Gasteiger partial charge in [0.05, 0.1) is 7.11 Å². The Morgan fingerprint density at radius 1 is 1.27 bits per heavy atom. The largest absolute Gasteiger partial charge is 0.467 e. The molecule has 1 fully saturated rings. The lowest BCUT2D eigenvalue weighted by molar-refractivity contribution is -0.147. The van der Waals surface area contributed by atoms with E-state index in [0.717, 1.165) is 23.8 Å². The van der Waals surface area contributed by atoms with E-state index in [0.29, 0.717) is 18.5 Å². The molecular formula is C17H19NO4. The Labute approximate surface area is 128 Å². The number of aryl methyl sites for hydroxylation is 1. The molecule has 0 radical (unpaired) electrons. The normalized spacial score (nSPS) is 18.5. The maximum absolute atomic E-state index is 12.7. The summed E-state index contributed by atoms with van der Waals surface area (Å²) in [6.07, 6.45) is 2.44. The zero-order chi connectivity index (χ0) is 15.7. The number of furan rings is 1. The van der Waals surface area contributed by atoms with Crippen LogP contribution in [-0.2, 0) is 9.53 Å². The van der Waals surface area contributed by atoms with E-state index in [1.807, 2.05) is 25.1 Å². The van der Waals surface area contributed by atoms with Crippen molar-refractivity contribution < 1.29 is 18.7 Å². The molecule has 0 spiro atoms. The van der Waals surface area contributed by atoms with Crippen LogP contribution in [-0.4, -0.2) is 36.5 Å². The van der Waals surface area contributed by atoms with Crippen LogP contribution in [0.1, 0.15) is 35.4 Å². The molecule has 1 atom stereocenters. The van der Waals surface area contributed by atoms with Crippen LogP contribution in [0.4, 0.5) is 0 Å². The number of nitrogens with zero attached hydrogens (tertiary/aromatic N) is 1. The minimum atomic E-state index is -0.513. The number of carbonyl (C=O) groups excluding carboxylic acids is 2. The van der Waals surface area contributed by atoms with Crippen molar-refractivity contribution in [3.8, 4) is 0 Å². The van der Waals surface area contributed by atoms with Gasteiger partial charge in [0, 0.05) is 11.9 Å². The van der Waals surface area contributed by atoms with Crippen molar-refractivity contribution in [3.63, 3.8) is 0 Å². The first-order chi connectivity index (χ1) is 10.6. The van der Waals surface area contributed by atoms with E-state index in [2.05, 4.69) is 0 Å². The van der Waals surface area contributed by atoms with Crippen molar-refractivity contribution in [2.75, 3.05) is 13.7 Å². The van der Waals surface area contributed by atoms with Crippen LogP contribution in [0.3, 0.4) is 0 Å². The number of hydrogen-bond acceptors (Lipinski definition) is 4. The molecule has 1 unspecified atom stereocenters. The van der Waals surface area contributed by atoms with Gasteiger partial charge in [-0.05, 0) is 43.9 Å². The number of amides is 1. The van der Waals surface area contributed by atoms with Gasteiger partial charge in [-0.1, -0.05) is 12.1 Å². The summed E-state index contributed by atoms with van der Waals surface area (Å²) in [5.74, 6) is -0.333. The van der Waals surface area contributed by atoms with Crippen molar-refractivity contribution in [1.82, 2.24) is 4.90 Å². The maximum atomic E-state index is 12.7. The number of rotatable bonds is 2. The third-order valence-corrected chi connectivity index (χ3v) is 4.12. The van der Waals surface area contributed by atoms with Crippen molar-refractivity contribution >= 4 is 22.8 Å². The van der Waals surface area contributed by atoms with Gasteiger partial charge in [0.2, 0.25) is 0 Å². The van der Waals surface area contributed by atoms with Crippen LogP contribution in [0.25, 0.3) is 11.0 Å². The lowest BCUT2D eigenvalue weighted by Gasteiger charge is -2.33. The number of hydrogen-bond donors (Lipinski definition) is 0. The lowest BCUT2D eigenvalue weighted by atomic mass is 10.0. The zero-order valence-electron chi connectivity index (χ0n) is 12.8. The Balaban J connectivity index is 1.91. The standard InChI is InChI=1S/C17H19NO4/c1-11-6-7-12-10-15(22-14(12)9-11)16(19)18-8-4-3-5-13(18)17(20)21-2/h6-7,9-10,13H,3-5,8H2,1-2H3. The van der Waals surface area contributed by atoms with E-state index in [9.17, 15) is 9.59 Å². The molecule has 22 heavy (non-hydrogen) atoms. The molecule has 2 heterocycles. The Morgan fingerprint density at radius 3 is 2.86 bits per heavy atom. The SMILES string of the molecule is COC(=O)C1CCCCN1C(=O)c1cc2ccc(C)cc2o1. The minimum absolute atomic E-state index is 0.246. The number of benzene rings is 1. The minimum Gasteiger partial charge on any atom is -0.467 e. The third kappa shape index (κ3) is 2.58. The van der Waals surface area contributed by atoms with Gasteiger partial charge in [-0.3, -0.25) is 4.79 Å². The van der Waals surface area contributed by atoms with E-state index in [1.54, 1.807) is 11.0 Å². The van der Waals surface area contributed by atoms with Crippen LogP contribution in [0.2, 0.25) is 0 Å². The average molecular weight is 301 g/mol. The monoisotopic (exact) mass is 301 g/mol. The molecular weight excluding hydrogens is 282 g/mol. The zero-order valence-corrected chi connectivity index (χ0v) is 12.8. The molecule has 1 aromatic carbocycles. The van der Waals surface area contributed by atoms with Gasteiger partial charge in [0.25, 0.3) is 5.91 Å². The highest BCUT2D eigenvalue weighted by Crippen LogP contribution is 2.25. The predicted molar refractivity (Wildman–Crippen MR) is 81.6 cm³/mol. The fraction of sp³-hybridized carbons (Fsp3) is 0.412. The van der Waals surface area contributed by atoms with Gasteiger partial charge in [0.15, 0.2) is 5.76 Å². The molecule has 1 aromatic heterocycles. The van der Waals surface area contributed by atoms with Gasteiger partial charge >= 0.3 is 5.97 Å². The Kier molecular flexibility index (Phi) is 3.88. The summed E-state index contributed by atoms with van der Waals surface area (Å²) in [6.45, 7) is 2.52. The highest BCUT2D eigenvalue weighted by atomic mass is 16.5. The van der Waals surface area contributed by atoms with E-state index in [-0.39, 0.29) is 17.6 Å². The molecule has 3 rings (SSSR count). The van der Waals surface area contributed by atoms with Crippen molar-refractivity contribution in [1.29, 1.82) is 0 Å². The summed E-state index contributed by atoms with van der Waals surface area (Å²) in [5.41, 5.74) is 1.77. The number of piperidine rings is 1. The highest BCUT2D eigenvalue weighted by molar-refractivity contribution is 5.98. The molecule has 0 bridgehead atoms. The number of ether oxygens (including phenoxy) is 1. The molecule has 1 aliphatic rings. The van der Waals surface area contributed by atoms with Gasteiger partial charge in [-0.15, -0.1) is 0 Å². The predicted octanol–water partition coefficient (Wildman–Crippen LogP) is 2.91. The molecule has 116 valence electrons. The van der Waals surface area contributed by atoms with Crippen LogP contribution in [0.5, 0.6) is 0 Å². The quantitative estimate of drug-likeness (QED) is 0.800. The molecule has 0 N–H and O–H groups in total. The van der Waals surface area contributed by atoms with E-state index < -0.39 is 6.04 Å². The van der Waals surface area contributed by atoms with E-state index >= 15 is 0 Å². The molecule has 5 nitrogen and oxygen atoms in total. The van der Waals surface area contributed by atoms with Crippen LogP contribution in [0.15, 0.2) is 28.7 Å². The van der Waals surface area contributed by atoms with Gasteiger partial charge < -0.3 is 14.1 Å². The second-order valence-electron chi connectivity index (χ2n) is 5.69. The first kappa shape index (κ1) is 14.6. The smallest absolute Gasteiger partial charge is 0.328 e. The van der Waals surface area contributed by atoms with Gasteiger partial charge in [-0.2, -0.15) is 0 Å². The number of fused-ring (bicyclic) bond motifs is 1. The molecule has 1 amide bonds. The highest BCUT2D eigenvalue weighted by Gasteiger charge is 2.34. The number of likely N-dealkylation sites (tertiary alicyclic amines) is 1.